The standard InChI is InChI=1S/C16H24N2O3/c1-16(2)11-18(9-14(21-16)10-20-3)8-12-4-6-13(7-5-12)15(17)19/h4-7,14H,8-11H2,1-3H3,(H2,17,19)/t14-/m1/s1. The molecule has 21 heavy (non-hydrogen) atoms. The second-order valence-corrected chi connectivity index (χ2v) is 6.19. The van der Waals surface area contributed by atoms with Crippen LogP contribution in [-0.4, -0.2) is 49.3 Å². The minimum absolute atomic E-state index is 0.0867. The Hall–Kier alpha value is -1.43. The van der Waals surface area contributed by atoms with Crippen molar-refractivity contribution in [3.05, 3.63) is 35.4 Å². The van der Waals surface area contributed by atoms with Crippen LogP contribution in [0.1, 0.15) is 29.8 Å². The summed E-state index contributed by atoms with van der Waals surface area (Å²) in [5.41, 5.74) is 6.77. The molecule has 2 N–H and O–H groups in total. The maximum Gasteiger partial charge on any atom is 0.248 e. The average molecular weight is 292 g/mol. The van der Waals surface area contributed by atoms with Gasteiger partial charge < -0.3 is 15.2 Å². The summed E-state index contributed by atoms with van der Waals surface area (Å²) in [6.45, 7) is 7.32. The second kappa shape index (κ2) is 6.56. The van der Waals surface area contributed by atoms with Gasteiger partial charge in [-0.1, -0.05) is 12.1 Å². The Bertz CT molecular complexity index is 485. The molecule has 1 aliphatic rings. The van der Waals surface area contributed by atoms with Gasteiger partial charge in [-0.05, 0) is 31.5 Å². The lowest BCUT2D eigenvalue weighted by atomic mass is 10.0. The monoisotopic (exact) mass is 292 g/mol. The fraction of sp³-hybridized carbons (Fsp3) is 0.562. The molecule has 2 rings (SSSR count). The summed E-state index contributed by atoms with van der Waals surface area (Å²) in [5.74, 6) is -0.394. The number of benzene rings is 1. The second-order valence-electron chi connectivity index (χ2n) is 6.19. The SMILES string of the molecule is COC[C@H]1CN(Cc2ccc(C(N)=O)cc2)CC(C)(C)O1. The van der Waals surface area contributed by atoms with Gasteiger partial charge in [0.05, 0.1) is 18.3 Å². The Morgan fingerprint density at radius 3 is 2.67 bits per heavy atom. The van der Waals surface area contributed by atoms with E-state index >= 15 is 0 Å². The third-order valence-corrected chi connectivity index (χ3v) is 3.55. The molecule has 1 heterocycles. The first kappa shape index (κ1) is 15.9. The van der Waals surface area contributed by atoms with Gasteiger partial charge >= 0.3 is 0 Å². The molecule has 1 aliphatic heterocycles. The largest absolute Gasteiger partial charge is 0.382 e. The quantitative estimate of drug-likeness (QED) is 0.891. The highest BCUT2D eigenvalue weighted by molar-refractivity contribution is 5.92. The number of carbonyl (C=O) groups is 1. The first-order valence-electron chi connectivity index (χ1n) is 7.17. The molecule has 0 radical (unpaired) electrons. The zero-order valence-electron chi connectivity index (χ0n) is 13.0. The molecule has 1 fully saturated rings. The summed E-state index contributed by atoms with van der Waals surface area (Å²) in [7, 11) is 1.69. The smallest absolute Gasteiger partial charge is 0.248 e. The van der Waals surface area contributed by atoms with E-state index in [9.17, 15) is 4.79 Å². The van der Waals surface area contributed by atoms with Gasteiger partial charge in [0.25, 0.3) is 0 Å². The Morgan fingerprint density at radius 1 is 1.43 bits per heavy atom. The summed E-state index contributed by atoms with van der Waals surface area (Å²) in [5, 5.41) is 0. The minimum atomic E-state index is -0.394. The van der Waals surface area contributed by atoms with Crippen molar-refractivity contribution in [2.75, 3.05) is 26.8 Å². The van der Waals surface area contributed by atoms with Crippen LogP contribution in [0.2, 0.25) is 0 Å². The van der Waals surface area contributed by atoms with Gasteiger partial charge in [-0.15, -0.1) is 0 Å². The van der Waals surface area contributed by atoms with Crippen molar-refractivity contribution in [2.24, 2.45) is 5.73 Å². The summed E-state index contributed by atoms with van der Waals surface area (Å²) < 4.78 is 11.2. The number of rotatable bonds is 5. The van der Waals surface area contributed by atoms with Gasteiger partial charge in [-0.2, -0.15) is 0 Å². The molecule has 1 amide bonds. The van der Waals surface area contributed by atoms with E-state index in [0.29, 0.717) is 12.2 Å². The number of amides is 1. The molecule has 5 heteroatoms. The van der Waals surface area contributed by atoms with Crippen LogP contribution < -0.4 is 5.73 Å². The van der Waals surface area contributed by atoms with Crippen LogP contribution in [0.3, 0.4) is 0 Å². The van der Waals surface area contributed by atoms with E-state index in [0.717, 1.165) is 25.2 Å². The Labute approximate surface area is 126 Å². The van der Waals surface area contributed by atoms with Crippen molar-refractivity contribution in [1.82, 2.24) is 4.90 Å². The van der Waals surface area contributed by atoms with Gasteiger partial charge in [-0.25, -0.2) is 0 Å². The predicted molar refractivity (Wildman–Crippen MR) is 81.1 cm³/mol. The Balaban J connectivity index is 2.02. The van der Waals surface area contributed by atoms with E-state index in [1.807, 2.05) is 12.1 Å². The van der Waals surface area contributed by atoms with Crippen LogP contribution in [0.25, 0.3) is 0 Å². The molecule has 0 aliphatic carbocycles. The van der Waals surface area contributed by atoms with Crippen LogP contribution in [0.4, 0.5) is 0 Å². The van der Waals surface area contributed by atoms with Gasteiger partial charge in [0, 0.05) is 32.3 Å². The molecular formula is C16H24N2O3. The Kier molecular flexibility index (Phi) is 4.98. The number of nitrogens with two attached hydrogens (primary N) is 1. The maximum atomic E-state index is 11.1. The topological polar surface area (TPSA) is 64.8 Å². The molecule has 1 aromatic carbocycles. The maximum absolute atomic E-state index is 11.1. The molecule has 1 aromatic rings. The number of hydrogen-bond acceptors (Lipinski definition) is 4. The van der Waals surface area contributed by atoms with Crippen LogP contribution >= 0.6 is 0 Å². The number of methoxy groups -OCH3 is 1. The number of primary amides is 1. The molecule has 116 valence electrons. The highest BCUT2D eigenvalue weighted by Gasteiger charge is 2.33. The lowest BCUT2D eigenvalue weighted by molar-refractivity contribution is -0.154. The van der Waals surface area contributed by atoms with Crippen LogP contribution in [0, 0.1) is 0 Å². The zero-order valence-corrected chi connectivity index (χ0v) is 13.0. The number of carbonyl (C=O) groups excluding carboxylic acids is 1. The van der Waals surface area contributed by atoms with Gasteiger partial charge in [0.15, 0.2) is 0 Å². The van der Waals surface area contributed by atoms with Crippen molar-refractivity contribution in [1.29, 1.82) is 0 Å². The first-order valence-corrected chi connectivity index (χ1v) is 7.17. The van der Waals surface area contributed by atoms with E-state index in [2.05, 4.69) is 18.7 Å². The molecule has 0 spiro atoms. The highest BCUT2D eigenvalue weighted by Crippen LogP contribution is 2.22. The number of morpholine rings is 1. The van der Waals surface area contributed by atoms with Crippen LogP contribution in [-0.2, 0) is 16.0 Å². The lowest BCUT2D eigenvalue weighted by Gasteiger charge is -2.42. The highest BCUT2D eigenvalue weighted by atomic mass is 16.5. The molecule has 0 bridgehead atoms. The molecule has 5 nitrogen and oxygen atoms in total. The third-order valence-electron chi connectivity index (χ3n) is 3.55. The van der Waals surface area contributed by atoms with Gasteiger partial charge in [0.1, 0.15) is 0 Å². The predicted octanol–water partition coefficient (Wildman–Crippen LogP) is 1.41. The zero-order chi connectivity index (χ0) is 15.5. The summed E-state index contributed by atoms with van der Waals surface area (Å²) >= 11 is 0. The normalized spacial score (nSPS) is 22.1. The first-order chi connectivity index (χ1) is 9.89. The molecule has 0 saturated carbocycles. The van der Waals surface area contributed by atoms with E-state index in [4.69, 9.17) is 15.2 Å². The van der Waals surface area contributed by atoms with Crippen molar-refractivity contribution in [3.63, 3.8) is 0 Å². The molecule has 0 aromatic heterocycles. The van der Waals surface area contributed by atoms with Crippen molar-refractivity contribution < 1.29 is 14.3 Å². The van der Waals surface area contributed by atoms with Crippen LogP contribution in [0.5, 0.6) is 0 Å². The van der Waals surface area contributed by atoms with Crippen molar-refractivity contribution in [2.45, 2.75) is 32.1 Å². The number of nitrogens with zero attached hydrogens (tertiary/aromatic N) is 1. The Morgan fingerprint density at radius 2 is 2.10 bits per heavy atom. The molecule has 0 unspecified atom stereocenters. The third kappa shape index (κ3) is 4.52. The fourth-order valence-electron chi connectivity index (χ4n) is 2.84. The fourth-order valence-corrected chi connectivity index (χ4v) is 2.84. The van der Waals surface area contributed by atoms with Crippen LogP contribution in [0.15, 0.2) is 24.3 Å². The van der Waals surface area contributed by atoms with E-state index in [1.54, 1.807) is 19.2 Å². The van der Waals surface area contributed by atoms with Gasteiger partial charge in [-0.3, -0.25) is 9.69 Å². The molecule has 1 saturated heterocycles. The van der Waals surface area contributed by atoms with Gasteiger partial charge in [0.2, 0.25) is 5.91 Å². The number of ether oxygens (including phenoxy) is 2. The van der Waals surface area contributed by atoms with E-state index < -0.39 is 5.91 Å². The molecular weight excluding hydrogens is 268 g/mol. The summed E-state index contributed by atoms with van der Waals surface area (Å²) in [6.07, 6.45) is 0.0867. The lowest BCUT2D eigenvalue weighted by Crippen LogP contribution is -2.53. The van der Waals surface area contributed by atoms with Crippen molar-refractivity contribution in [3.8, 4) is 0 Å². The number of hydrogen-bond donors (Lipinski definition) is 1. The van der Waals surface area contributed by atoms with E-state index in [1.165, 1.54) is 0 Å². The summed E-state index contributed by atoms with van der Waals surface area (Å²) in [4.78, 5) is 13.4. The van der Waals surface area contributed by atoms with E-state index in [-0.39, 0.29) is 11.7 Å². The average Bonchev–Trinajstić information content (AvgIpc) is 2.37. The molecule has 1 atom stereocenters. The summed E-state index contributed by atoms with van der Waals surface area (Å²) in [6, 6.07) is 7.45. The minimum Gasteiger partial charge on any atom is -0.382 e. The van der Waals surface area contributed by atoms with Crippen molar-refractivity contribution >= 4 is 5.91 Å².